The Bertz CT molecular complexity index is 891. The first-order valence-electron chi connectivity index (χ1n) is 10.4. The number of carbonyl (C=O) groups excluding carboxylic acids is 1. The second kappa shape index (κ2) is 8.22. The van der Waals surface area contributed by atoms with Crippen LogP contribution in [0, 0.1) is 0 Å². The van der Waals surface area contributed by atoms with Crippen molar-refractivity contribution in [2.75, 3.05) is 34.8 Å². The van der Waals surface area contributed by atoms with Gasteiger partial charge in [0.05, 0.1) is 6.54 Å². The van der Waals surface area contributed by atoms with Gasteiger partial charge in [0, 0.05) is 41.9 Å². The van der Waals surface area contributed by atoms with Crippen molar-refractivity contribution in [1.29, 1.82) is 0 Å². The first kappa shape index (κ1) is 20.0. The lowest BCUT2D eigenvalue weighted by atomic mass is 10.0. The van der Waals surface area contributed by atoms with Gasteiger partial charge in [-0.25, -0.2) is 4.98 Å². The van der Waals surface area contributed by atoms with Gasteiger partial charge in [0.2, 0.25) is 5.95 Å². The van der Waals surface area contributed by atoms with Gasteiger partial charge in [-0.2, -0.15) is 16.7 Å². The van der Waals surface area contributed by atoms with Crippen molar-refractivity contribution in [2.45, 2.75) is 46.2 Å². The predicted molar refractivity (Wildman–Crippen MR) is 120 cm³/mol. The zero-order chi connectivity index (χ0) is 20.5. The van der Waals surface area contributed by atoms with E-state index in [1.807, 2.05) is 30.5 Å². The molecule has 1 N–H and O–H groups in total. The normalized spacial score (nSPS) is 16.7. The number of hydrogen-bond acceptors (Lipinski definition) is 6. The summed E-state index contributed by atoms with van der Waals surface area (Å²) in [5.41, 5.74) is 3.72. The van der Waals surface area contributed by atoms with Crippen LogP contribution in [0.2, 0.25) is 0 Å². The number of hydrogen-bond donors (Lipinski definition) is 1. The van der Waals surface area contributed by atoms with E-state index in [0.717, 1.165) is 41.7 Å². The summed E-state index contributed by atoms with van der Waals surface area (Å²) in [6.45, 7) is 10.8. The quantitative estimate of drug-likeness (QED) is 0.793. The van der Waals surface area contributed by atoms with E-state index in [1.54, 1.807) is 0 Å². The van der Waals surface area contributed by atoms with Crippen LogP contribution in [-0.4, -0.2) is 51.4 Å². The van der Waals surface area contributed by atoms with Gasteiger partial charge in [-0.1, -0.05) is 26.0 Å². The Kier molecular flexibility index (Phi) is 5.67. The molecule has 0 radical (unpaired) electrons. The van der Waals surface area contributed by atoms with Gasteiger partial charge >= 0.3 is 0 Å². The lowest BCUT2D eigenvalue weighted by molar-refractivity contribution is 0.0726. The molecule has 154 valence electrons. The van der Waals surface area contributed by atoms with E-state index in [9.17, 15) is 4.79 Å². The van der Waals surface area contributed by atoms with Crippen LogP contribution in [0.5, 0.6) is 0 Å². The Morgan fingerprint density at radius 1 is 1.03 bits per heavy atom. The first-order valence-corrected chi connectivity index (χ1v) is 11.5. The Morgan fingerprint density at radius 3 is 2.34 bits per heavy atom. The fourth-order valence-electron chi connectivity index (χ4n) is 3.69. The predicted octanol–water partition coefficient (Wildman–Crippen LogP) is 4.26. The molecule has 2 aromatic rings. The molecule has 1 fully saturated rings. The molecule has 4 rings (SSSR count). The van der Waals surface area contributed by atoms with Crippen LogP contribution in [0.4, 0.5) is 17.5 Å². The van der Waals surface area contributed by atoms with Gasteiger partial charge in [-0.15, -0.1) is 0 Å². The SMILES string of the molecule is CC(C)c1ccc(Nc2nc(N3CCSCC3)nc3c2CN(C(C)C)C3=O)cc1. The van der Waals surface area contributed by atoms with Gasteiger partial charge in [0.15, 0.2) is 0 Å². The Morgan fingerprint density at radius 2 is 1.72 bits per heavy atom. The third kappa shape index (κ3) is 4.06. The van der Waals surface area contributed by atoms with Crippen LogP contribution in [0.1, 0.15) is 55.2 Å². The number of rotatable bonds is 5. The minimum atomic E-state index is 0.00300. The maximum absolute atomic E-state index is 13.0. The molecule has 6 nitrogen and oxygen atoms in total. The number of nitrogens with zero attached hydrogens (tertiary/aromatic N) is 4. The van der Waals surface area contributed by atoms with Crippen molar-refractivity contribution in [1.82, 2.24) is 14.9 Å². The molecule has 1 aromatic heterocycles. The van der Waals surface area contributed by atoms with Crippen LogP contribution in [0.15, 0.2) is 24.3 Å². The molecule has 0 unspecified atom stereocenters. The molecule has 1 amide bonds. The summed E-state index contributed by atoms with van der Waals surface area (Å²) >= 11 is 1.95. The smallest absolute Gasteiger partial charge is 0.273 e. The molecule has 29 heavy (non-hydrogen) atoms. The average molecular weight is 412 g/mol. The number of thioether (sulfide) groups is 1. The topological polar surface area (TPSA) is 61.4 Å². The first-order chi connectivity index (χ1) is 13.9. The van der Waals surface area contributed by atoms with Crippen molar-refractivity contribution in [2.24, 2.45) is 0 Å². The number of nitrogens with one attached hydrogen (secondary N) is 1. The molecular formula is C22H29N5OS. The van der Waals surface area contributed by atoms with Gasteiger partial charge < -0.3 is 15.1 Å². The Labute approximate surface area is 177 Å². The zero-order valence-electron chi connectivity index (χ0n) is 17.6. The Balaban J connectivity index is 1.70. The van der Waals surface area contributed by atoms with E-state index in [-0.39, 0.29) is 11.9 Å². The summed E-state index contributed by atoms with van der Waals surface area (Å²) in [7, 11) is 0. The average Bonchev–Trinajstić information content (AvgIpc) is 3.06. The molecule has 1 aromatic carbocycles. The van der Waals surface area contributed by atoms with Gasteiger partial charge in [0.25, 0.3) is 5.91 Å². The third-order valence-corrected chi connectivity index (χ3v) is 6.49. The van der Waals surface area contributed by atoms with E-state index in [1.165, 1.54) is 5.56 Å². The number of aromatic nitrogens is 2. The molecule has 2 aliphatic heterocycles. The fraction of sp³-hybridized carbons (Fsp3) is 0.500. The summed E-state index contributed by atoms with van der Waals surface area (Å²) in [5, 5.41) is 3.47. The fourth-order valence-corrected chi connectivity index (χ4v) is 4.59. The van der Waals surface area contributed by atoms with Crippen LogP contribution >= 0.6 is 11.8 Å². The standard InChI is InChI=1S/C22H29N5OS/c1-14(2)16-5-7-17(8-6-16)23-20-18-13-27(15(3)4)21(28)19(18)24-22(25-20)26-9-11-29-12-10-26/h5-8,14-15H,9-13H2,1-4H3,(H,23,24,25). The summed E-state index contributed by atoms with van der Waals surface area (Å²) in [6, 6.07) is 8.58. The molecule has 0 bridgehead atoms. The van der Waals surface area contributed by atoms with Crippen molar-refractivity contribution in [3.05, 3.63) is 41.1 Å². The maximum Gasteiger partial charge on any atom is 0.273 e. The summed E-state index contributed by atoms with van der Waals surface area (Å²) in [4.78, 5) is 26.6. The van der Waals surface area contributed by atoms with Crippen LogP contribution < -0.4 is 10.2 Å². The maximum atomic E-state index is 13.0. The molecule has 0 aliphatic carbocycles. The largest absolute Gasteiger partial charge is 0.340 e. The highest BCUT2D eigenvalue weighted by Gasteiger charge is 2.35. The van der Waals surface area contributed by atoms with E-state index in [2.05, 4.69) is 48.3 Å². The number of anilines is 3. The third-order valence-electron chi connectivity index (χ3n) is 5.54. The number of benzene rings is 1. The highest BCUT2D eigenvalue weighted by molar-refractivity contribution is 7.99. The number of carbonyl (C=O) groups is 1. The van der Waals surface area contributed by atoms with Gasteiger partial charge in [0.1, 0.15) is 11.5 Å². The molecule has 7 heteroatoms. The van der Waals surface area contributed by atoms with Crippen molar-refractivity contribution in [3.63, 3.8) is 0 Å². The summed E-state index contributed by atoms with van der Waals surface area (Å²) in [6.07, 6.45) is 0. The second-order valence-corrected chi connectivity index (χ2v) is 9.45. The monoisotopic (exact) mass is 411 g/mol. The van der Waals surface area contributed by atoms with Gasteiger partial charge in [-0.05, 0) is 37.5 Å². The van der Waals surface area contributed by atoms with Crippen LogP contribution in [0.25, 0.3) is 0 Å². The Hall–Kier alpha value is -2.28. The number of amides is 1. The van der Waals surface area contributed by atoms with Crippen molar-refractivity contribution in [3.8, 4) is 0 Å². The van der Waals surface area contributed by atoms with E-state index < -0.39 is 0 Å². The summed E-state index contributed by atoms with van der Waals surface area (Å²) in [5.74, 6) is 4.02. The van der Waals surface area contributed by atoms with E-state index in [0.29, 0.717) is 24.1 Å². The van der Waals surface area contributed by atoms with Crippen molar-refractivity contribution >= 4 is 35.1 Å². The van der Waals surface area contributed by atoms with Crippen LogP contribution in [-0.2, 0) is 6.54 Å². The van der Waals surface area contributed by atoms with E-state index in [4.69, 9.17) is 9.97 Å². The molecule has 3 heterocycles. The van der Waals surface area contributed by atoms with Crippen LogP contribution in [0.3, 0.4) is 0 Å². The molecule has 0 spiro atoms. The minimum Gasteiger partial charge on any atom is -0.340 e. The molecule has 2 aliphatic rings. The van der Waals surface area contributed by atoms with Gasteiger partial charge in [-0.3, -0.25) is 4.79 Å². The highest BCUT2D eigenvalue weighted by atomic mass is 32.2. The number of fused-ring (bicyclic) bond motifs is 1. The lowest BCUT2D eigenvalue weighted by Gasteiger charge is -2.27. The lowest BCUT2D eigenvalue weighted by Crippen LogP contribution is -2.34. The summed E-state index contributed by atoms with van der Waals surface area (Å²) < 4.78 is 0. The van der Waals surface area contributed by atoms with Crippen molar-refractivity contribution < 1.29 is 4.79 Å². The molecular weight excluding hydrogens is 382 g/mol. The minimum absolute atomic E-state index is 0.00300. The molecule has 0 saturated carbocycles. The second-order valence-electron chi connectivity index (χ2n) is 8.23. The molecule has 1 saturated heterocycles. The zero-order valence-corrected chi connectivity index (χ0v) is 18.4. The molecule has 0 atom stereocenters. The van der Waals surface area contributed by atoms with E-state index >= 15 is 0 Å². The highest BCUT2D eigenvalue weighted by Crippen LogP contribution is 2.32.